The largest absolute Gasteiger partial charge is 0.443 e. The summed E-state index contributed by atoms with van der Waals surface area (Å²) in [6, 6.07) is 8.90. The summed E-state index contributed by atoms with van der Waals surface area (Å²) in [5.74, 6) is -0.827. The molecule has 2 heterocycles. The van der Waals surface area contributed by atoms with Gasteiger partial charge in [-0.15, -0.1) is 4.99 Å². The summed E-state index contributed by atoms with van der Waals surface area (Å²) in [5.41, 5.74) is 13.2. The van der Waals surface area contributed by atoms with Gasteiger partial charge in [-0.25, -0.2) is 9.18 Å². The summed E-state index contributed by atoms with van der Waals surface area (Å²) < 4.78 is 19.7. The topological polar surface area (TPSA) is 107 Å². The van der Waals surface area contributed by atoms with E-state index in [0.717, 1.165) is 12.0 Å². The molecule has 0 fully saturated rings. The molecule has 4 N–H and O–H groups in total. The van der Waals surface area contributed by atoms with Gasteiger partial charge in [0, 0.05) is 31.0 Å². The fraction of sp³-hybridized carbons (Fsp3) is 0.211. The van der Waals surface area contributed by atoms with E-state index in [0.29, 0.717) is 18.8 Å². The Bertz CT molecular complexity index is 879. The van der Waals surface area contributed by atoms with Gasteiger partial charge in [0.05, 0.1) is 5.69 Å². The highest BCUT2D eigenvalue weighted by Crippen LogP contribution is 2.28. The maximum Gasteiger partial charge on any atom is 0.437 e. The molecule has 0 aliphatic carbocycles. The molecule has 1 aromatic carbocycles. The van der Waals surface area contributed by atoms with Gasteiger partial charge in [-0.3, -0.25) is 4.98 Å². The number of nitrogens with zero attached hydrogens (tertiary/aromatic N) is 3. The predicted molar refractivity (Wildman–Crippen MR) is 101 cm³/mol. The van der Waals surface area contributed by atoms with E-state index >= 15 is 0 Å². The number of aliphatic imine (C=N–C) groups is 1. The number of hydrogen-bond donors (Lipinski definition) is 2. The average molecular weight is 369 g/mol. The number of halogens is 1. The third kappa shape index (κ3) is 4.60. The molecule has 1 aliphatic rings. The number of ether oxygens (including phenoxy) is 1. The van der Waals surface area contributed by atoms with Crippen molar-refractivity contribution >= 4 is 23.3 Å². The van der Waals surface area contributed by atoms with Gasteiger partial charge in [-0.1, -0.05) is 24.3 Å². The Morgan fingerprint density at radius 3 is 2.81 bits per heavy atom. The number of rotatable bonds is 4. The Kier molecular flexibility index (Phi) is 5.65. The monoisotopic (exact) mass is 369 g/mol. The summed E-state index contributed by atoms with van der Waals surface area (Å²) >= 11 is 0. The number of guanidine groups is 1. The highest BCUT2D eigenvalue weighted by molar-refractivity contribution is 5.87. The van der Waals surface area contributed by atoms with Crippen LogP contribution in [0.3, 0.4) is 0 Å². The molecule has 8 heteroatoms. The molecule has 0 saturated carbocycles. The Hall–Kier alpha value is -3.42. The molecule has 0 unspecified atom stereocenters. The van der Waals surface area contributed by atoms with Gasteiger partial charge >= 0.3 is 6.09 Å². The van der Waals surface area contributed by atoms with Crippen molar-refractivity contribution in [2.45, 2.75) is 13.0 Å². The van der Waals surface area contributed by atoms with Crippen LogP contribution in [0, 0.1) is 5.82 Å². The lowest BCUT2D eigenvalue weighted by molar-refractivity contribution is 0.149. The Labute approximate surface area is 156 Å². The van der Waals surface area contributed by atoms with Crippen molar-refractivity contribution in [3.63, 3.8) is 0 Å². The number of nitrogens with two attached hydrogens (primary N) is 2. The minimum absolute atomic E-state index is 0.250. The summed E-state index contributed by atoms with van der Waals surface area (Å²) in [4.78, 5) is 20.7. The first-order valence-corrected chi connectivity index (χ1v) is 8.42. The fourth-order valence-corrected chi connectivity index (χ4v) is 2.90. The minimum atomic E-state index is -0.957. The SMILES string of the molecule is NC(N)=NC(=O)OCc1cccc(N2CC=C(c3cccnc3)CC2)c1F. The van der Waals surface area contributed by atoms with Crippen LogP contribution in [0.25, 0.3) is 5.57 Å². The van der Waals surface area contributed by atoms with Gasteiger partial charge in [0.25, 0.3) is 0 Å². The van der Waals surface area contributed by atoms with Crippen molar-refractivity contribution in [2.75, 3.05) is 18.0 Å². The molecule has 7 nitrogen and oxygen atoms in total. The maximum absolute atomic E-state index is 14.8. The zero-order chi connectivity index (χ0) is 19.2. The molecule has 2 aromatic rings. The molecule has 1 aliphatic heterocycles. The van der Waals surface area contributed by atoms with E-state index in [9.17, 15) is 9.18 Å². The number of amides is 1. The Morgan fingerprint density at radius 2 is 2.15 bits per heavy atom. The van der Waals surface area contributed by atoms with Crippen LogP contribution in [0.1, 0.15) is 17.5 Å². The van der Waals surface area contributed by atoms with Crippen LogP contribution in [-0.4, -0.2) is 30.1 Å². The third-order valence-corrected chi connectivity index (χ3v) is 4.21. The molecule has 0 spiro atoms. The molecule has 1 aromatic heterocycles. The van der Waals surface area contributed by atoms with Gasteiger partial charge in [-0.05, 0) is 29.7 Å². The number of hydrogen-bond acceptors (Lipinski definition) is 4. The molecule has 0 saturated heterocycles. The lowest BCUT2D eigenvalue weighted by Gasteiger charge is -2.29. The third-order valence-electron chi connectivity index (χ3n) is 4.21. The standard InChI is InChI=1S/C19H20FN5O2/c20-17-15(12-27-19(26)24-18(21)22)3-1-5-16(17)25-9-6-13(7-10-25)14-4-2-8-23-11-14/h1-6,8,11H,7,9-10,12H2,(H4,21,22,24,26). The normalized spacial score (nSPS) is 13.7. The van der Waals surface area contributed by atoms with Gasteiger partial charge < -0.3 is 21.1 Å². The van der Waals surface area contributed by atoms with Gasteiger partial charge in [0.15, 0.2) is 11.8 Å². The fourth-order valence-electron chi connectivity index (χ4n) is 2.90. The summed E-state index contributed by atoms with van der Waals surface area (Å²) in [6.45, 7) is 1.01. The van der Waals surface area contributed by atoms with E-state index in [2.05, 4.69) is 16.1 Å². The highest BCUT2D eigenvalue weighted by atomic mass is 19.1. The van der Waals surface area contributed by atoms with Crippen LogP contribution in [0.15, 0.2) is 53.8 Å². The molecule has 3 rings (SSSR count). The van der Waals surface area contributed by atoms with Crippen LogP contribution >= 0.6 is 0 Å². The molecular formula is C19H20FN5O2. The van der Waals surface area contributed by atoms with E-state index in [4.69, 9.17) is 16.2 Å². The summed E-state index contributed by atoms with van der Waals surface area (Å²) in [7, 11) is 0. The number of carbonyl (C=O) groups excluding carboxylic acids is 1. The maximum atomic E-state index is 14.8. The van der Waals surface area contributed by atoms with Gasteiger partial charge in [-0.2, -0.15) is 0 Å². The van der Waals surface area contributed by atoms with Gasteiger partial charge in [0.1, 0.15) is 6.61 Å². The second-order valence-corrected chi connectivity index (χ2v) is 6.01. The second-order valence-electron chi connectivity index (χ2n) is 6.01. The van der Waals surface area contributed by atoms with E-state index in [-0.39, 0.29) is 12.2 Å². The van der Waals surface area contributed by atoms with Crippen LogP contribution in [0.5, 0.6) is 0 Å². The number of pyridine rings is 1. The second kappa shape index (κ2) is 8.31. The van der Waals surface area contributed by atoms with Crippen molar-refractivity contribution < 1.29 is 13.9 Å². The van der Waals surface area contributed by atoms with Crippen molar-refractivity contribution in [1.29, 1.82) is 0 Å². The van der Waals surface area contributed by atoms with Gasteiger partial charge in [0.2, 0.25) is 0 Å². The predicted octanol–water partition coefficient (Wildman–Crippen LogP) is 2.42. The number of carbonyl (C=O) groups is 1. The summed E-state index contributed by atoms with van der Waals surface area (Å²) in [6.07, 6.45) is 5.47. The first-order valence-electron chi connectivity index (χ1n) is 8.42. The van der Waals surface area contributed by atoms with E-state index in [1.807, 2.05) is 23.2 Å². The molecular weight excluding hydrogens is 349 g/mol. The van der Waals surface area contributed by atoms with Crippen LogP contribution in [0.2, 0.25) is 0 Å². The molecule has 1 amide bonds. The van der Waals surface area contributed by atoms with Crippen molar-refractivity contribution in [1.82, 2.24) is 4.98 Å². The first-order chi connectivity index (χ1) is 13.0. The van der Waals surface area contributed by atoms with Crippen molar-refractivity contribution in [3.05, 3.63) is 65.7 Å². The smallest absolute Gasteiger partial charge is 0.437 e. The molecule has 27 heavy (non-hydrogen) atoms. The average Bonchev–Trinajstić information content (AvgIpc) is 2.67. The van der Waals surface area contributed by atoms with E-state index in [1.165, 1.54) is 5.57 Å². The van der Waals surface area contributed by atoms with E-state index in [1.54, 1.807) is 24.4 Å². The minimum Gasteiger partial charge on any atom is -0.443 e. The van der Waals surface area contributed by atoms with Crippen molar-refractivity contribution in [3.8, 4) is 0 Å². The first kappa shape index (κ1) is 18.4. The Morgan fingerprint density at radius 1 is 1.30 bits per heavy atom. The van der Waals surface area contributed by atoms with Crippen molar-refractivity contribution in [2.24, 2.45) is 16.5 Å². The van der Waals surface area contributed by atoms with Crippen LogP contribution in [0.4, 0.5) is 14.9 Å². The lowest BCUT2D eigenvalue weighted by Crippen LogP contribution is -2.29. The number of anilines is 1. The van der Waals surface area contributed by atoms with Crippen LogP contribution in [-0.2, 0) is 11.3 Å². The summed E-state index contributed by atoms with van der Waals surface area (Å²) in [5, 5.41) is 0. The molecule has 140 valence electrons. The highest BCUT2D eigenvalue weighted by Gasteiger charge is 2.18. The van der Waals surface area contributed by atoms with E-state index < -0.39 is 17.9 Å². The molecule has 0 atom stereocenters. The lowest BCUT2D eigenvalue weighted by atomic mass is 10.0. The quantitative estimate of drug-likeness (QED) is 0.633. The zero-order valence-corrected chi connectivity index (χ0v) is 14.6. The van der Waals surface area contributed by atoms with Crippen LogP contribution < -0.4 is 16.4 Å². The molecule has 0 bridgehead atoms. The number of aromatic nitrogens is 1. The molecule has 0 radical (unpaired) electrons. The number of benzene rings is 1. The Balaban J connectivity index is 1.70. The zero-order valence-electron chi connectivity index (χ0n) is 14.6.